The second-order valence-corrected chi connectivity index (χ2v) is 5.05. The van der Waals surface area contributed by atoms with E-state index >= 15 is 0 Å². The molecule has 1 aliphatic rings. The average molecular weight is 264 g/mol. The normalized spacial score (nSPS) is 19.2. The van der Waals surface area contributed by atoms with Crippen molar-refractivity contribution in [1.29, 1.82) is 0 Å². The lowest BCUT2D eigenvalue weighted by Gasteiger charge is -2.23. The molecule has 1 aromatic rings. The molecule has 5 heteroatoms. The van der Waals surface area contributed by atoms with Crippen LogP contribution >= 0.6 is 0 Å². The zero-order chi connectivity index (χ0) is 13.5. The van der Waals surface area contributed by atoms with E-state index < -0.39 is 0 Å². The van der Waals surface area contributed by atoms with Crippen molar-refractivity contribution in [2.45, 2.75) is 45.6 Å². The van der Waals surface area contributed by atoms with Gasteiger partial charge in [-0.15, -0.1) is 0 Å². The Hall–Kier alpha value is -1.36. The van der Waals surface area contributed by atoms with Crippen LogP contribution in [-0.4, -0.2) is 35.7 Å². The topological polar surface area (TPSA) is 59.1 Å². The Labute approximate surface area is 115 Å². The van der Waals surface area contributed by atoms with Crippen LogP contribution in [-0.2, 0) is 0 Å². The second kappa shape index (κ2) is 7.28. The van der Waals surface area contributed by atoms with E-state index in [0.717, 1.165) is 25.2 Å². The van der Waals surface area contributed by atoms with Gasteiger partial charge >= 0.3 is 0 Å². The molecule has 0 radical (unpaired) electrons. The van der Waals surface area contributed by atoms with Gasteiger partial charge in [0.05, 0.1) is 6.61 Å². The van der Waals surface area contributed by atoms with Crippen molar-refractivity contribution in [3.8, 4) is 5.88 Å². The molecular weight excluding hydrogens is 240 g/mol. The summed E-state index contributed by atoms with van der Waals surface area (Å²) in [6.07, 6.45) is 4.79. The summed E-state index contributed by atoms with van der Waals surface area (Å²) < 4.78 is 5.56. The maximum absolute atomic E-state index is 5.56. The van der Waals surface area contributed by atoms with E-state index in [4.69, 9.17) is 4.74 Å². The fourth-order valence-corrected chi connectivity index (χ4v) is 2.21. The first-order valence-corrected chi connectivity index (χ1v) is 7.23. The van der Waals surface area contributed by atoms with E-state index in [1.807, 2.05) is 13.0 Å². The lowest BCUT2D eigenvalue weighted by molar-refractivity contribution is 0.304. The van der Waals surface area contributed by atoms with E-state index in [0.29, 0.717) is 24.5 Å². The van der Waals surface area contributed by atoms with E-state index in [1.165, 1.54) is 19.3 Å². The van der Waals surface area contributed by atoms with Gasteiger partial charge in [-0.1, -0.05) is 13.3 Å². The van der Waals surface area contributed by atoms with Crippen LogP contribution in [0.5, 0.6) is 5.88 Å². The Kier molecular flexibility index (Phi) is 5.39. The average Bonchev–Trinajstić information content (AvgIpc) is 2.43. The third-order valence-electron chi connectivity index (χ3n) is 3.20. The fraction of sp³-hybridized carbons (Fsp3) is 0.714. The van der Waals surface area contributed by atoms with Crippen molar-refractivity contribution in [3.05, 3.63) is 11.8 Å². The SMILES string of the molecule is CCCOc1cc(C)nc(NCC2CCCCN2)n1. The van der Waals surface area contributed by atoms with E-state index in [2.05, 4.69) is 27.5 Å². The number of hydrogen-bond acceptors (Lipinski definition) is 5. The molecule has 19 heavy (non-hydrogen) atoms. The summed E-state index contributed by atoms with van der Waals surface area (Å²) in [4.78, 5) is 8.78. The summed E-state index contributed by atoms with van der Waals surface area (Å²) in [6, 6.07) is 2.40. The van der Waals surface area contributed by atoms with Crippen LogP contribution in [0.15, 0.2) is 6.07 Å². The van der Waals surface area contributed by atoms with Gasteiger partial charge in [-0.05, 0) is 32.7 Å². The predicted molar refractivity (Wildman–Crippen MR) is 76.7 cm³/mol. The predicted octanol–water partition coefficient (Wildman–Crippen LogP) is 2.13. The molecule has 2 N–H and O–H groups in total. The molecule has 0 saturated carbocycles. The Bertz CT molecular complexity index is 391. The molecule has 1 saturated heterocycles. The lowest BCUT2D eigenvalue weighted by Crippen LogP contribution is -2.39. The molecule has 0 aromatic carbocycles. The zero-order valence-electron chi connectivity index (χ0n) is 11.9. The third kappa shape index (κ3) is 4.67. The lowest BCUT2D eigenvalue weighted by atomic mass is 10.1. The van der Waals surface area contributed by atoms with Gasteiger partial charge in [0.25, 0.3) is 0 Å². The minimum atomic E-state index is 0.526. The van der Waals surface area contributed by atoms with Crippen molar-refractivity contribution < 1.29 is 4.74 Å². The minimum Gasteiger partial charge on any atom is -0.478 e. The quantitative estimate of drug-likeness (QED) is 0.824. The van der Waals surface area contributed by atoms with Crippen LogP contribution in [0.25, 0.3) is 0 Å². The van der Waals surface area contributed by atoms with Gasteiger partial charge in [-0.2, -0.15) is 4.98 Å². The number of nitrogens with one attached hydrogen (secondary N) is 2. The Morgan fingerprint density at radius 1 is 1.42 bits per heavy atom. The van der Waals surface area contributed by atoms with Gasteiger partial charge in [0.1, 0.15) is 0 Å². The van der Waals surface area contributed by atoms with Crippen molar-refractivity contribution in [1.82, 2.24) is 15.3 Å². The van der Waals surface area contributed by atoms with Gasteiger partial charge in [0.2, 0.25) is 11.8 Å². The van der Waals surface area contributed by atoms with E-state index in [9.17, 15) is 0 Å². The summed E-state index contributed by atoms with van der Waals surface area (Å²) in [5.74, 6) is 1.33. The minimum absolute atomic E-state index is 0.526. The summed E-state index contributed by atoms with van der Waals surface area (Å²) in [7, 11) is 0. The van der Waals surface area contributed by atoms with E-state index in [1.54, 1.807) is 0 Å². The summed E-state index contributed by atoms with van der Waals surface area (Å²) >= 11 is 0. The van der Waals surface area contributed by atoms with Crippen LogP contribution in [0, 0.1) is 6.92 Å². The largest absolute Gasteiger partial charge is 0.478 e. The molecule has 2 rings (SSSR count). The highest BCUT2D eigenvalue weighted by atomic mass is 16.5. The van der Waals surface area contributed by atoms with Crippen LogP contribution in [0.4, 0.5) is 5.95 Å². The molecule has 5 nitrogen and oxygen atoms in total. The standard InChI is InChI=1S/C14H24N4O/c1-3-8-19-13-9-11(2)17-14(18-13)16-10-12-6-4-5-7-15-12/h9,12,15H,3-8,10H2,1-2H3,(H,16,17,18). The second-order valence-electron chi connectivity index (χ2n) is 5.05. The smallest absolute Gasteiger partial charge is 0.226 e. The Balaban J connectivity index is 1.89. The number of rotatable bonds is 6. The van der Waals surface area contributed by atoms with Crippen LogP contribution in [0.2, 0.25) is 0 Å². The van der Waals surface area contributed by atoms with Crippen LogP contribution in [0.3, 0.4) is 0 Å². The first-order chi connectivity index (χ1) is 9.28. The van der Waals surface area contributed by atoms with Gasteiger partial charge in [0, 0.05) is 24.3 Å². The number of aryl methyl sites for hydroxylation is 1. The first kappa shape index (κ1) is 14.1. The van der Waals surface area contributed by atoms with Gasteiger partial charge in [0.15, 0.2) is 0 Å². The van der Waals surface area contributed by atoms with Crippen LogP contribution in [0.1, 0.15) is 38.3 Å². The number of aromatic nitrogens is 2. The van der Waals surface area contributed by atoms with E-state index in [-0.39, 0.29) is 0 Å². The molecule has 2 heterocycles. The third-order valence-corrected chi connectivity index (χ3v) is 3.20. The van der Waals surface area contributed by atoms with Crippen LogP contribution < -0.4 is 15.4 Å². The molecule has 1 unspecified atom stereocenters. The molecule has 0 spiro atoms. The Morgan fingerprint density at radius 2 is 2.32 bits per heavy atom. The Morgan fingerprint density at radius 3 is 3.05 bits per heavy atom. The molecule has 1 atom stereocenters. The number of hydrogen-bond donors (Lipinski definition) is 2. The van der Waals surface area contributed by atoms with Gasteiger partial charge in [-0.3, -0.25) is 0 Å². The summed E-state index contributed by atoms with van der Waals surface area (Å²) in [6.45, 7) is 6.73. The number of piperidine rings is 1. The maximum Gasteiger partial charge on any atom is 0.226 e. The molecule has 106 valence electrons. The molecular formula is C14H24N4O. The molecule has 0 bridgehead atoms. The van der Waals surface area contributed by atoms with Gasteiger partial charge in [-0.25, -0.2) is 4.98 Å². The van der Waals surface area contributed by atoms with Crippen molar-refractivity contribution in [2.75, 3.05) is 25.0 Å². The fourth-order valence-electron chi connectivity index (χ4n) is 2.21. The summed E-state index contributed by atoms with van der Waals surface area (Å²) in [5.41, 5.74) is 0.931. The van der Waals surface area contributed by atoms with Crippen molar-refractivity contribution >= 4 is 5.95 Å². The maximum atomic E-state index is 5.56. The monoisotopic (exact) mass is 264 g/mol. The highest BCUT2D eigenvalue weighted by Gasteiger charge is 2.12. The molecule has 1 aromatic heterocycles. The first-order valence-electron chi connectivity index (χ1n) is 7.23. The molecule has 1 fully saturated rings. The number of anilines is 1. The highest BCUT2D eigenvalue weighted by Crippen LogP contribution is 2.13. The zero-order valence-corrected chi connectivity index (χ0v) is 11.9. The van der Waals surface area contributed by atoms with Gasteiger partial charge < -0.3 is 15.4 Å². The molecule has 0 amide bonds. The number of ether oxygens (including phenoxy) is 1. The highest BCUT2D eigenvalue weighted by molar-refractivity contribution is 5.30. The summed E-state index contributed by atoms with van der Waals surface area (Å²) in [5, 5.41) is 6.81. The molecule has 0 aliphatic carbocycles. The van der Waals surface area contributed by atoms with Crippen molar-refractivity contribution in [2.24, 2.45) is 0 Å². The molecule has 1 aliphatic heterocycles. The number of nitrogens with zero attached hydrogens (tertiary/aromatic N) is 2. The van der Waals surface area contributed by atoms with Crippen molar-refractivity contribution in [3.63, 3.8) is 0 Å².